The zero-order valence-corrected chi connectivity index (χ0v) is 17.9. The van der Waals surface area contributed by atoms with E-state index in [0.717, 1.165) is 35.5 Å². The molecule has 3 fully saturated rings. The Morgan fingerprint density at radius 2 is 0.680 bits per heavy atom. The van der Waals surface area contributed by atoms with Gasteiger partial charge in [-0.15, -0.1) is 0 Å². The fourth-order valence-electron chi connectivity index (χ4n) is 5.42. The van der Waals surface area contributed by atoms with Gasteiger partial charge in [-0.1, -0.05) is 98.3 Å². The lowest BCUT2D eigenvalue weighted by atomic mass is 9.74. The first-order valence-electron chi connectivity index (χ1n) is 11.5. The molecule has 1 nitrogen and oxygen atoms in total. The van der Waals surface area contributed by atoms with Gasteiger partial charge in [0.1, 0.15) is 0 Å². The summed E-state index contributed by atoms with van der Waals surface area (Å²) in [7, 11) is 0. The highest BCUT2D eigenvalue weighted by Crippen LogP contribution is 2.40. The van der Waals surface area contributed by atoms with Crippen LogP contribution in [0.2, 0.25) is 0 Å². The van der Waals surface area contributed by atoms with Gasteiger partial charge in [0.25, 0.3) is 0 Å². The normalized spacial score (nSPS) is 39.8. The standard InChI is InChI=1S/C15H28.C9H18.H2O.2H2/c1-12-4-3-5-14(9-6-12)15-10-7-13(2)8-11-15;1-8-4-3-5-9(2)7-6-8;;;/h12-15H,3-11H2,1-2H3;8-9H,3-7H2,1-2H3;1H2;2*1H. The molecule has 3 aliphatic rings. The quantitative estimate of drug-likeness (QED) is 0.427. The van der Waals surface area contributed by atoms with Crippen molar-refractivity contribution in [3.8, 4) is 0 Å². The van der Waals surface area contributed by atoms with Crippen LogP contribution in [0.3, 0.4) is 0 Å². The molecule has 4 unspecified atom stereocenters. The van der Waals surface area contributed by atoms with E-state index >= 15 is 0 Å². The molecule has 3 saturated carbocycles. The molecule has 0 heterocycles. The summed E-state index contributed by atoms with van der Waals surface area (Å²) in [6.07, 6.45) is 21.1. The van der Waals surface area contributed by atoms with E-state index < -0.39 is 0 Å². The van der Waals surface area contributed by atoms with Crippen LogP contribution in [0, 0.1) is 35.5 Å². The molecular weight excluding hydrogens is 304 g/mol. The van der Waals surface area contributed by atoms with Crippen LogP contribution in [0.1, 0.15) is 120 Å². The van der Waals surface area contributed by atoms with Gasteiger partial charge >= 0.3 is 0 Å². The van der Waals surface area contributed by atoms with Crippen molar-refractivity contribution >= 4 is 0 Å². The van der Waals surface area contributed by atoms with E-state index in [2.05, 4.69) is 27.7 Å². The van der Waals surface area contributed by atoms with Gasteiger partial charge in [0, 0.05) is 2.85 Å². The monoisotopic (exact) mass is 356 g/mol. The summed E-state index contributed by atoms with van der Waals surface area (Å²) >= 11 is 0. The zero-order valence-electron chi connectivity index (χ0n) is 17.9. The lowest BCUT2D eigenvalue weighted by Crippen LogP contribution is -2.20. The minimum absolute atomic E-state index is 0. The van der Waals surface area contributed by atoms with Crippen molar-refractivity contribution in [1.82, 2.24) is 0 Å². The summed E-state index contributed by atoms with van der Waals surface area (Å²) in [5, 5.41) is 0. The molecule has 4 atom stereocenters. The fourth-order valence-corrected chi connectivity index (χ4v) is 5.42. The second-order valence-electron chi connectivity index (χ2n) is 10.1. The largest absolute Gasteiger partial charge is 0.412 e. The molecule has 154 valence electrons. The minimum Gasteiger partial charge on any atom is -0.412 e. The van der Waals surface area contributed by atoms with E-state index in [4.69, 9.17) is 0 Å². The summed E-state index contributed by atoms with van der Waals surface area (Å²) in [5.41, 5.74) is 0. The third-order valence-corrected chi connectivity index (χ3v) is 7.58. The maximum absolute atomic E-state index is 2.45. The summed E-state index contributed by atoms with van der Waals surface area (Å²) in [6.45, 7) is 9.66. The Kier molecular flexibility index (Phi) is 11.4. The highest BCUT2D eigenvalue weighted by molar-refractivity contribution is 4.79. The molecule has 0 aromatic heterocycles. The van der Waals surface area contributed by atoms with Gasteiger partial charge in [-0.05, 0) is 54.8 Å². The molecule has 3 aliphatic carbocycles. The molecule has 0 saturated heterocycles. The smallest absolute Gasteiger partial charge is 0 e. The maximum Gasteiger partial charge on any atom is 0 e. The number of hydrogen-bond acceptors (Lipinski definition) is 0. The van der Waals surface area contributed by atoms with Gasteiger partial charge in [0.05, 0.1) is 0 Å². The Bertz CT molecular complexity index is 318. The highest BCUT2D eigenvalue weighted by atomic mass is 16.0. The zero-order chi connectivity index (χ0) is 17.4. The number of hydrogen-bond donors (Lipinski definition) is 0. The summed E-state index contributed by atoms with van der Waals surface area (Å²) in [6, 6.07) is 0. The van der Waals surface area contributed by atoms with Crippen LogP contribution < -0.4 is 0 Å². The summed E-state index contributed by atoms with van der Waals surface area (Å²) < 4.78 is 0. The van der Waals surface area contributed by atoms with Crippen LogP contribution in [-0.2, 0) is 0 Å². The average molecular weight is 357 g/mol. The maximum atomic E-state index is 2.45. The summed E-state index contributed by atoms with van der Waals surface area (Å²) in [4.78, 5) is 0. The molecule has 1 heteroatoms. The molecule has 0 aromatic rings. The van der Waals surface area contributed by atoms with Gasteiger partial charge in [-0.2, -0.15) is 0 Å². The Hall–Kier alpha value is -0.0400. The van der Waals surface area contributed by atoms with Gasteiger partial charge in [-0.3, -0.25) is 0 Å². The van der Waals surface area contributed by atoms with Crippen LogP contribution in [0.4, 0.5) is 0 Å². The van der Waals surface area contributed by atoms with Gasteiger partial charge in [0.15, 0.2) is 0 Å². The van der Waals surface area contributed by atoms with Crippen LogP contribution in [0.25, 0.3) is 0 Å². The van der Waals surface area contributed by atoms with Crippen molar-refractivity contribution in [3.05, 3.63) is 0 Å². The molecule has 0 aromatic carbocycles. The first-order valence-corrected chi connectivity index (χ1v) is 11.5. The molecule has 0 spiro atoms. The van der Waals surface area contributed by atoms with Gasteiger partial charge < -0.3 is 5.48 Å². The SMILES string of the molecule is CC1CCCC(C)CC1.CC1CCCC(C2CCC(C)CC2)CC1.O.[HH].[HH]. The topological polar surface area (TPSA) is 31.5 Å². The van der Waals surface area contributed by atoms with E-state index in [9.17, 15) is 0 Å². The molecule has 0 bridgehead atoms. The van der Waals surface area contributed by atoms with E-state index in [1.54, 1.807) is 25.7 Å². The van der Waals surface area contributed by atoms with Crippen LogP contribution in [0.5, 0.6) is 0 Å². The molecule has 3 rings (SSSR count). The second kappa shape index (κ2) is 12.4. The third-order valence-electron chi connectivity index (χ3n) is 7.58. The molecule has 25 heavy (non-hydrogen) atoms. The van der Waals surface area contributed by atoms with Crippen molar-refractivity contribution in [2.45, 2.75) is 118 Å². The van der Waals surface area contributed by atoms with Crippen LogP contribution in [0.15, 0.2) is 0 Å². The Morgan fingerprint density at radius 3 is 1.12 bits per heavy atom. The predicted octanol–water partition coefficient (Wildman–Crippen LogP) is 7.92. The minimum atomic E-state index is 0. The molecule has 0 amide bonds. The van der Waals surface area contributed by atoms with Crippen LogP contribution >= 0.6 is 0 Å². The first-order chi connectivity index (χ1) is 11.5. The number of rotatable bonds is 1. The molecular formula is C24H52O. The average Bonchev–Trinajstić information content (AvgIpc) is 2.89. The fraction of sp³-hybridized carbons (Fsp3) is 1.00. The second-order valence-corrected chi connectivity index (χ2v) is 10.1. The Morgan fingerprint density at radius 1 is 0.400 bits per heavy atom. The third kappa shape index (κ3) is 8.94. The van der Waals surface area contributed by atoms with E-state index in [1.165, 1.54) is 64.2 Å². The molecule has 0 radical (unpaired) electrons. The highest BCUT2D eigenvalue weighted by Gasteiger charge is 2.27. The Labute approximate surface area is 162 Å². The van der Waals surface area contributed by atoms with Crippen molar-refractivity contribution in [3.63, 3.8) is 0 Å². The van der Waals surface area contributed by atoms with Crippen molar-refractivity contribution < 1.29 is 8.33 Å². The Balaban J connectivity index is 0. The van der Waals surface area contributed by atoms with E-state index in [0.29, 0.717) is 0 Å². The van der Waals surface area contributed by atoms with Gasteiger partial charge in [-0.25, -0.2) is 0 Å². The van der Waals surface area contributed by atoms with E-state index in [1.807, 2.05) is 0 Å². The van der Waals surface area contributed by atoms with E-state index in [-0.39, 0.29) is 8.33 Å². The molecule has 0 aliphatic heterocycles. The molecule has 2 N–H and O–H groups in total. The van der Waals surface area contributed by atoms with Crippen molar-refractivity contribution in [2.24, 2.45) is 35.5 Å². The van der Waals surface area contributed by atoms with Crippen molar-refractivity contribution in [2.75, 3.05) is 0 Å². The summed E-state index contributed by atoms with van der Waals surface area (Å²) in [5.74, 6) is 6.25. The first kappa shape index (κ1) is 23.0. The lowest BCUT2D eigenvalue weighted by Gasteiger charge is -2.32. The lowest BCUT2D eigenvalue weighted by molar-refractivity contribution is 0.195. The van der Waals surface area contributed by atoms with Crippen LogP contribution in [-0.4, -0.2) is 5.48 Å². The van der Waals surface area contributed by atoms with Gasteiger partial charge in [0.2, 0.25) is 0 Å². The van der Waals surface area contributed by atoms with Crippen molar-refractivity contribution in [1.29, 1.82) is 0 Å². The predicted molar refractivity (Wildman–Crippen MR) is 116 cm³/mol.